The first-order valence-electron chi connectivity index (χ1n) is 13.9. The fourth-order valence-electron chi connectivity index (χ4n) is 5.39. The molecule has 2 aromatic rings. The molecule has 0 aromatic heterocycles. The van der Waals surface area contributed by atoms with Crippen LogP contribution in [0.25, 0.3) is 0 Å². The van der Waals surface area contributed by atoms with Gasteiger partial charge in [0.1, 0.15) is 6.04 Å². The molecule has 7 nitrogen and oxygen atoms in total. The van der Waals surface area contributed by atoms with Gasteiger partial charge in [0.2, 0.25) is 11.8 Å². The number of benzene rings is 2. The van der Waals surface area contributed by atoms with Gasteiger partial charge in [0.15, 0.2) is 0 Å². The molecule has 2 saturated heterocycles. The minimum absolute atomic E-state index is 0.156. The molecule has 2 aromatic carbocycles. The van der Waals surface area contributed by atoms with Gasteiger partial charge in [0.25, 0.3) is 12.2 Å². The first kappa shape index (κ1) is 29.0. The molecule has 1 unspecified atom stereocenters. The lowest BCUT2D eigenvalue weighted by Crippen LogP contribution is -2.47. The van der Waals surface area contributed by atoms with Crippen LogP contribution in [0.3, 0.4) is 0 Å². The number of rotatable bonds is 11. The van der Waals surface area contributed by atoms with Crippen LogP contribution in [0.1, 0.15) is 61.3 Å². The van der Waals surface area contributed by atoms with Crippen molar-refractivity contribution in [2.75, 3.05) is 39.4 Å². The van der Waals surface area contributed by atoms with Crippen LogP contribution in [0, 0.1) is 11.8 Å². The van der Waals surface area contributed by atoms with Gasteiger partial charge < -0.3 is 25.4 Å². The molecule has 0 radical (unpaired) electrons. The number of aryl methyl sites for hydroxylation is 1. The highest BCUT2D eigenvalue weighted by molar-refractivity contribution is 5.89. The summed E-state index contributed by atoms with van der Waals surface area (Å²) in [4.78, 5) is 29.2. The Hall–Kier alpha value is -3.04. The first-order valence-corrected chi connectivity index (χ1v) is 13.9. The topological polar surface area (TPSA) is 93.6 Å². The second-order valence-corrected chi connectivity index (χ2v) is 10.6. The summed E-state index contributed by atoms with van der Waals surface area (Å²) in [5, 5.41) is 14.1. The number of piperidine rings is 1. The Bertz CT molecular complexity index is 1070. The maximum atomic E-state index is 13.8. The van der Waals surface area contributed by atoms with Crippen LogP contribution in [0.2, 0.25) is 0 Å². The summed E-state index contributed by atoms with van der Waals surface area (Å²) in [7, 11) is 0. The van der Waals surface area contributed by atoms with Gasteiger partial charge in [-0.3, -0.25) is 9.59 Å². The number of alkyl halides is 2. The fourth-order valence-corrected chi connectivity index (χ4v) is 5.39. The smallest absolute Gasteiger partial charge is 0.263 e. The third kappa shape index (κ3) is 8.47. The van der Waals surface area contributed by atoms with Crippen molar-refractivity contribution >= 4 is 11.8 Å². The van der Waals surface area contributed by atoms with Gasteiger partial charge in [0, 0.05) is 50.4 Å². The lowest BCUT2D eigenvalue weighted by Gasteiger charge is -2.36. The van der Waals surface area contributed by atoms with E-state index in [0.717, 1.165) is 44.3 Å². The Morgan fingerprint density at radius 2 is 1.69 bits per heavy atom. The van der Waals surface area contributed by atoms with E-state index in [-0.39, 0.29) is 29.7 Å². The third-order valence-corrected chi connectivity index (χ3v) is 7.76. The SMILES string of the molecule is O=C(NCC1CCNCC1)C(c1cccc(C(F)F)c1)N(CC1CCOCC1)C(=O)CCc1ccc([OH2+])cc1. The van der Waals surface area contributed by atoms with Gasteiger partial charge >= 0.3 is 0 Å². The van der Waals surface area contributed by atoms with Crippen LogP contribution in [0.4, 0.5) is 8.78 Å². The number of halogens is 2. The van der Waals surface area contributed by atoms with Crippen LogP contribution in [0.5, 0.6) is 5.75 Å². The summed E-state index contributed by atoms with van der Waals surface area (Å²) in [6, 6.07) is 11.9. The summed E-state index contributed by atoms with van der Waals surface area (Å²) in [6.07, 6.45) is 1.41. The second-order valence-electron chi connectivity index (χ2n) is 10.6. The zero-order valence-corrected chi connectivity index (χ0v) is 22.3. The van der Waals surface area contributed by atoms with E-state index in [4.69, 9.17) is 9.84 Å². The molecule has 2 heterocycles. The maximum absolute atomic E-state index is 13.8. The molecule has 39 heavy (non-hydrogen) atoms. The predicted octanol–water partition coefficient (Wildman–Crippen LogP) is 4.11. The monoisotopic (exact) mass is 544 g/mol. The number of ether oxygens (including phenoxy) is 1. The minimum atomic E-state index is -2.68. The number of nitrogens with one attached hydrogen (secondary N) is 2. The highest BCUT2D eigenvalue weighted by Crippen LogP contribution is 2.30. The normalized spacial score (nSPS) is 17.6. The molecule has 0 bridgehead atoms. The predicted molar refractivity (Wildman–Crippen MR) is 146 cm³/mol. The van der Waals surface area contributed by atoms with E-state index in [1.165, 1.54) is 18.2 Å². The molecule has 4 rings (SSSR count). The van der Waals surface area contributed by atoms with Gasteiger partial charge in [-0.2, -0.15) is 0 Å². The summed E-state index contributed by atoms with van der Waals surface area (Å²) < 4.78 is 32.8. The molecule has 0 spiro atoms. The molecule has 1 atom stereocenters. The average molecular weight is 545 g/mol. The second kappa shape index (κ2) is 14.4. The number of hydrogen-bond acceptors (Lipinski definition) is 4. The van der Waals surface area contributed by atoms with Gasteiger partial charge in [-0.15, -0.1) is 0 Å². The summed E-state index contributed by atoms with van der Waals surface area (Å²) in [5.74, 6) is 0.363. The van der Waals surface area contributed by atoms with Crippen molar-refractivity contribution in [2.45, 2.75) is 51.0 Å². The summed E-state index contributed by atoms with van der Waals surface area (Å²) in [6.45, 7) is 3.84. The summed E-state index contributed by atoms with van der Waals surface area (Å²) >= 11 is 0. The van der Waals surface area contributed by atoms with E-state index in [1.807, 2.05) is 12.1 Å². The van der Waals surface area contributed by atoms with Crippen molar-refractivity contribution < 1.29 is 28.2 Å². The Kier molecular flexibility index (Phi) is 10.7. The standard InChI is InChI=1S/C30H39F2N3O4/c31-29(32)25-3-1-2-24(18-25)28(30(38)34-19-22-10-14-33-15-11-22)35(20-23-12-16-39-17-13-23)27(37)9-6-21-4-7-26(36)8-5-21/h1-5,7-8,18,22-23,28-29,33,36H,6,9-17,19-20H2,(H,34,38)/p+1. The van der Waals surface area contributed by atoms with Crippen molar-refractivity contribution in [3.8, 4) is 5.75 Å². The Labute approximate surface area is 228 Å². The van der Waals surface area contributed by atoms with Crippen LogP contribution in [0.15, 0.2) is 48.5 Å². The molecule has 0 saturated carbocycles. The molecule has 0 aliphatic carbocycles. The highest BCUT2D eigenvalue weighted by Gasteiger charge is 2.34. The van der Waals surface area contributed by atoms with Crippen LogP contribution in [-0.4, -0.2) is 61.2 Å². The Morgan fingerprint density at radius 1 is 1.00 bits per heavy atom. The van der Waals surface area contributed by atoms with Gasteiger partial charge in [-0.25, -0.2) is 8.78 Å². The van der Waals surface area contributed by atoms with Crippen molar-refractivity contribution in [3.63, 3.8) is 0 Å². The molecule has 2 fully saturated rings. The zero-order chi connectivity index (χ0) is 27.6. The van der Waals surface area contributed by atoms with Crippen molar-refractivity contribution in [1.82, 2.24) is 15.5 Å². The summed E-state index contributed by atoms with van der Waals surface area (Å²) in [5.41, 5.74) is 1.16. The minimum Gasteiger partial charge on any atom is -0.593 e. The van der Waals surface area contributed by atoms with Crippen LogP contribution < -0.4 is 10.6 Å². The number of carbonyl (C=O) groups is 2. The number of carbonyl (C=O) groups excluding carboxylic acids is 2. The van der Waals surface area contributed by atoms with Crippen molar-refractivity contribution in [3.05, 3.63) is 65.2 Å². The fraction of sp³-hybridized carbons (Fsp3) is 0.533. The van der Waals surface area contributed by atoms with Crippen LogP contribution >= 0.6 is 0 Å². The van der Waals surface area contributed by atoms with E-state index >= 15 is 0 Å². The maximum Gasteiger partial charge on any atom is 0.263 e. The molecule has 4 N–H and O–H groups in total. The van der Waals surface area contributed by atoms with Crippen molar-refractivity contribution in [2.24, 2.45) is 11.8 Å². The molecule has 212 valence electrons. The largest absolute Gasteiger partial charge is 0.593 e. The van der Waals surface area contributed by atoms with E-state index in [9.17, 15) is 18.4 Å². The molecule has 2 aliphatic rings. The molecule has 9 heteroatoms. The Morgan fingerprint density at radius 3 is 2.38 bits per heavy atom. The quantitative estimate of drug-likeness (QED) is 0.417. The first-order chi connectivity index (χ1) is 18.9. The molecular weight excluding hydrogens is 504 g/mol. The van der Waals surface area contributed by atoms with Gasteiger partial charge in [0.05, 0.1) is 0 Å². The molecule has 2 amide bonds. The van der Waals surface area contributed by atoms with E-state index in [2.05, 4.69) is 10.6 Å². The third-order valence-electron chi connectivity index (χ3n) is 7.76. The van der Waals surface area contributed by atoms with E-state index in [0.29, 0.717) is 50.0 Å². The number of amides is 2. The average Bonchev–Trinajstić information content (AvgIpc) is 2.96. The van der Waals surface area contributed by atoms with Crippen molar-refractivity contribution in [1.29, 1.82) is 0 Å². The lowest BCUT2D eigenvalue weighted by molar-refractivity contribution is -0.142. The molecule has 2 aliphatic heterocycles. The van der Waals surface area contributed by atoms with E-state index < -0.39 is 12.5 Å². The van der Waals surface area contributed by atoms with Crippen LogP contribution in [-0.2, 0) is 20.7 Å². The number of hydrogen-bond donors (Lipinski definition) is 2. The number of nitrogens with zero attached hydrogens (tertiary/aromatic N) is 1. The Balaban J connectivity index is 1.60. The zero-order valence-electron chi connectivity index (χ0n) is 22.3. The lowest BCUT2D eigenvalue weighted by atomic mass is 9.94. The van der Waals surface area contributed by atoms with E-state index in [1.54, 1.807) is 23.1 Å². The highest BCUT2D eigenvalue weighted by atomic mass is 19.3. The van der Waals surface area contributed by atoms with Gasteiger partial charge in [-0.05, 0) is 86.4 Å². The van der Waals surface area contributed by atoms with Gasteiger partial charge in [-0.1, -0.05) is 18.2 Å². The molecular formula is C30H40F2N3O4+.